The first-order chi connectivity index (χ1) is 16.6. The van der Waals surface area contributed by atoms with E-state index < -0.39 is 17.3 Å². The first kappa shape index (κ1) is 24.8. The Bertz CT molecular complexity index is 1270. The average Bonchev–Trinajstić information content (AvgIpc) is 3.40. The van der Waals surface area contributed by atoms with Crippen molar-refractivity contribution in [1.82, 2.24) is 20.0 Å². The molecule has 0 aliphatic carbocycles. The fourth-order valence-electron chi connectivity index (χ4n) is 3.76. The zero-order valence-electron chi connectivity index (χ0n) is 19.4. The van der Waals surface area contributed by atoms with E-state index in [9.17, 15) is 14.3 Å². The van der Waals surface area contributed by atoms with Crippen LogP contribution in [0.1, 0.15) is 48.0 Å². The number of aliphatic hydroxyl groups is 2. The standard InChI is InChI=1S/C24H27FN6O3S/c1-24(2,34)14-6-7-17(19(25)10-14)20-11-18(22(26)33)23(35-20)28-21-5-3-4-15(27-21)12-31-13-16(8-9-32)29-30-31/h3-7,10,13,20,32,34H,8-9,11-12H2,1-2H3,(H2,26,33)(H,27,28). The molecular formula is C24H27FN6O3S. The van der Waals surface area contributed by atoms with Gasteiger partial charge >= 0.3 is 0 Å². The first-order valence-corrected chi connectivity index (χ1v) is 12.0. The molecule has 0 fully saturated rings. The topological polar surface area (TPSA) is 139 Å². The lowest BCUT2D eigenvalue weighted by Crippen LogP contribution is -2.16. The molecule has 5 N–H and O–H groups in total. The van der Waals surface area contributed by atoms with Gasteiger partial charge in [0.2, 0.25) is 5.91 Å². The summed E-state index contributed by atoms with van der Waals surface area (Å²) in [7, 11) is 0. The van der Waals surface area contributed by atoms with Crippen LogP contribution in [0.5, 0.6) is 0 Å². The predicted molar refractivity (Wildman–Crippen MR) is 131 cm³/mol. The normalized spacial score (nSPS) is 16.1. The molecule has 0 saturated carbocycles. The quantitative estimate of drug-likeness (QED) is 0.353. The molecule has 1 atom stereocenters. The predicted octanol–water partition coefficient (Wildman–Crippen LogP) is 2.61. The summed E-state index contributed by atoms with van der Waals surface area (Å²) in [6, 6.07) is 10.1. The number of carbonyl (C=O) groups is 1. The van der Waals surface area contributed by atoms with Crippen molar-refractivity contribution in [3.05, 3.63) is 81.5 Å². The lowest BCUT2D eigenvalue weighted by molar-refractivity contribution is -0.114. The Kier molecular flexibility index (Phi) is 7.20. The number of nitrogens with two attached hydrogens (primary N) is 1. The molecule has 1 amide bonds. The highest BCUT2D eigenvalue weighted by Crippen LogP contribution is 2.48. The number of anilines is 1. The molecular weight excluding hydrogens is 471 g/mol. The second kappa shape index (κ2) is 10.1. The Morgan fingerprint density at radius 2 is 2.11 bits per heavy atom. The molecule has 11 heteroatoms. The highest BCUT2D eigenvalue weighted by atomic mass is 32.2. The number of nitrogens with one attached hydrogen (secondary N) is 1. The van der Waals surface area contributed by atoms with Gasteiger partial charge in [0.05, 0.1) is 28.6 Å². The lowest BCUT2D eigenvalue weighted by atomic mass is 9.95. The van der Waals surface area contributed by atoms with Gasteiger partial charge in [-0.3, -0.25) is 4.79 Å². The van der Waals surface area contributed by atoms with Crippen LogP contribution in [0.4, 0.5) is 10.2 Å². The number of thioether (sulfide) groups is 1. The van der Waals surface area contributed by atoms with Crippen LogP contribution in [0.2, 0.25) is 0 Å². The SMILES string of the molecule is CC(C)(O)c1ccc(C2CC(C(N)=O)=C(Nc3cccc(Cn4cc(CCO)nn4)n3)S2)c(F)c1. The summed E-state index contributed by atoms with van der Waals surface area (Å²) in [5.74, 6) is -0.509. The van der Waals surface area contributed by atoms with E-state index in [2.05, 4.69) is 20.6 Å². The number of primary amides is 1. The summed E-state index contributed by atoms with van der Waals surface area (Å²) in [4.78, 5) is 16.7. The maximum absolute atomic E-state index is 14.9. The van der Waals surface area contributed by atoms with Gasteiger partial charge in [0.25, 0.3) is 0 Å². The maximum atomic E-state index is 14.9. The van der Waals surface area contributed by atoms with E-state index in [0.717, 1.165) is 0 Å². The molecule has 2 aromatic heterocycles. The molecule has 1 aliphatic heterocycles. The second-order valence-electron chi connectivity index (χ2n) is 8.80. The molecule has 3 heterocycles. The summed E-state index contributed by atoms with van der Waals surface area (Å²) in [6.07, 6.45) is 2.45. The second-order valence-corrected chi connectivity index (χ2v) is 10.0. The number of pyridine rings is 1. The van der Waals surface area contributed by atoms with Crippen molar-refractivity contribution in [1.29, 1.82) is 0 Å². The Hall–Kier alpha value is -3.28. The molecule has 1 aliphatic rings. The molecule has 0 bridgehead atoms. The number of amides is 1. The summed E-state index contributed by atoms with van der Waals surface area (Å²) in [5.41, 5.74) is 7.16. The maximum Gasteiger partial charge on any atom is 0.247 e. The van der Waals surface area contributed by atoms with Gasteiger partial charge < -0.3 is 21.3 Å². The number of carbonyl (C=O) groups excluding carboxylic acids is 1. The molecule has 0 radical (unpaired) electrons. The van der Waals surface area contributed by atoms with Gasteiger partial charge in [0.15, 0.2) is 0 Å². The number of rotatable bonds is 9. The average molecular weight is 499 g/mol. The van der Waals surface area contributed by atoms with Crippen LogP contribution in [-0.2, 0) is 23.4 Å². The number of aliphatic hydroxyl groups excluding tert-OH is 1. The van der Waals surface area contributed by atoms with Gasteiger partial charge in [-0.25, -0.2) is 14.1 Å². The van der Waals surface area contributed by atoms with Crippen molar-refractivity contribution in [3.8, 4) is 0 Å². The largest absolute Gasteiger partial charge is 0.396 e. The third-order valence-electron chi connectivity index (χ3n) is 5.60. The van der Waals surface area contributed by atoms with Crippen LogP contribution < -0.4 is 11.1 Å². The van der Waals surface area contributed by atoms with Crippen LogP contribution in [0, 0.1) is 5.82 Å². The molecule has 184 valence electrons. The molecule has 1 aromatic carbocycles. The third-order valence-corrected chi connectivity index (χ3v) is 6.89. The van der Waals surface area contributed by atoms with E-state index in [1.807, 2.05) is 12.1 Å². The number of halogens is 1. The number of hydrogen-bond donors (Lipinski definition) is 4. The molecule has 0 saturated heterocycles. The van der Waals surface area contributed by atoms with E-state index in [-0.39, 0.29) is 18.3 Å². The Labute approximate surface area is 206 Å². The monoisotopic (exact) mass is 498 g/mol. The van der Waals surface area contributed by atoms with Gasteiger partial charge in [-0.2, -0.15) is 0 Å². The summed E-state index contributed by atoms with van der Waals surface area (Å²) < 4.78 is 16.5. The van der Waals surface area contributed by atoms with Gasteiger partial charge in [0, 0.05) is 35.6 Å². The molecule has 35 heavy (non-hydrogen) atoms. The summed E-state index contributed by atoms with van der Waals surface area (Å²) >= 11 is 1.32. The van der Waals surface area contributed by atoms with Crippen LogP contribution in [0.15, 0.2) is 53.2 Å². The zero-order valence-corrected chi connectivity index (χ0v) is 20.2. The van der Waals surface area contributed by atoms with E-state index in [1.165, 1.54) is 17.8 Å². The molecule has 9 nitrogen and oxygen atoms in total. The van der Waals surface area contributed by atoms with Crippen LogP contribution in [0.3, 0.4) is 0 Å². The van der Waals surface area contributed by atoms with E-state index >= 15 is 0 Å². The Morgan fingerprint density at radius 1 is 1.31 bits per heavy atom. The van der Waals surface area contributed by atoms with Crippen molar-refractivity contribution < 1.29 is 19.4 Å². The van der Waals surface area contributed by atoms with Gasteiger partial charge in [-0.05, 0) is 44.0 Å². The lowest BCUT2D eigenvalue weighted by Gasteiger charge is -2.20. The third kappa shape index (κ3) is 5.87. The van der Waals surface area contributed by atoms with E-state index in [4.69, 9.17) is 10.8 Å². The number of nitrogens with zero attached hydrogens (tertiary/aromatic N) is 4. The first-order valence-electron chi connectivity index (χ1n) is 11.1. The fourth-order valence-corrected chi connectivity index (χ4v) is 5.10. The minimum Gasteiger partial charge on any atom is -0.396 e. The van der Waals surface area contributed by atoms with Crippen LogP contribution in [0.25, 0.3) is 0 Å². The minimum atomic E-state index is -1.16. The number of hydrogen-bond acceptors (Lipinski definition) is 8. The molecule has 1 unspecified atom stereocenters. The Balaban J connectivity index is 1.51. The van der Waals surface area contributed by atoms with Crippen LogP contribution >= 0.6 is 11.8 Å². The van der Waals surface area contributed by atoms with Crippen LogP contribution in [-0.4, -0.2) is 42.7 Å². The van der Waals surface area contributed by atoms with Gasteiger partial charge in [0.1, 0.15) is 11.6 Å². The summed E-state index contributed by atoms with van der Waals surface area (Å²) in [5, 5.41) is 30.6. The molecule has 3 aromatic rings. The van der Waals surface area contributed by atoms with Gasteiger partial charge in [-0.15, -0.1) is 5.10 Å². The van der Waals surface area contributed by atoms with Gasteiger partial charge in [-0.1, -0.05) is 35.2 Å². The Morgan fingerprint density at radius 3 is 2.80 bits per heavy atom. The molecule has 0 spiro atoms. The number of benzene rings is 1. The van der Waals surface area contributed by atoms with Crippen molar-refractivity contribution in [2.75, 3.05) is 11.9 Å². The highest BCUT2D eigenvalue weighted by molar-refractivity contribution is 8.03. The van der Waals surface area contributed by atoms with Crippen molar-refractivity contribution in [2.45, 2.75) is 44.1 Å². The van der Waals surface area contributed by atoms with E-state index in [1.54, 1.807) is 42.9 Å². The smallest absolute Gasteiger partial charge is 0.247 e. The van der Waals surface area contributed by atoms with E-state index in [0.29, 0.717) is 51.9 Å². The van der Waals surface area contributed by atoms with Crippen molar-refractivity contribution in [3.63, 3.8) is 0 Å². The van der Waals surface area contributed by atoms with Crippen molar-refractivity contribution in [2.24, 2.45) is 5.73 Å². The fraction of sp³-hybridized carbons (Fsp3) is 0.333. The highest BCUT2D eigenvalue weighted by Gasteiger charge is 2.32. The number of aromatic nitrogens is 4. The molecule has 4 rings (SSSR count). The minimum absolute atomic E-state index is 0.000217. The summed E-state index contributed by atoms with van der Waals surface area (Å²) in [6.45, 7) is 3.57. The zero-order chi connectivity index (χ0) is 25.2. The van der Waals surface area contributed by atoms with Crippen molar-refractivity contribution >= 4 is 23.5 Å².